The van der Waals surface area contributed by atoms with Gasteiger partial charge in [0.15, 0.2) is 0 Å². The first-order valence-electron chi connectivity index (χ1n) is 7.79. The van der Waals surface area contributed by atoms with Crippen molar-refractivity contribution in [3.8, 4) is 0 Å². The predicted octanol–water partition coefficient (Wildman–Crippen LogP) is 3.56. The van der Waals surface area contributed by atoms with Gasteiger partial charge in [0.05, 0.1) is 33.2 Å². The van der Waals surface area contributed by atoms with Gasteiger partial charge in [-0.05, 0) is 37.6 Å². The van der Waals surface area contributed by atoms with E-state index in [-0.39, 0.29) is 33.4 Å². The Morgan fingerprint density at radius 2 is 1.93 bits per heavy atom. The van der Waals surface area contributed by atoms with Gasteiger partial charge >= 0.3 is 5.97 Å². The van der Waals surface area contributed by atoms with Gasteiger partial charge in [-0.3, -0.25) is 14.4 Å². The number of sulfonamides is 1. The van der Waals surface area contributed by atoms with Gasteiger partial charge in [0.25, 0.3) is 15.7 Å². The standard InChI is InChI=1S/C17H17ClN2O6S/c1-4-19(12-7-8-15(18)14(9-12)17(21)26-3)27(24,25)16-10-13(20(22)23)6-5-11(16)2/h5-10H,4H2,1-3H3. The van der Waals surface area contributed by atoms with E-state index in [9.17, 15) is 23.3 Å². The van der Waals surface area contributed by atoms with Crippen LogP contribution < -0.4 is 4.31 Å². The third-order valence-corrected chi connectivity index (χ3v) is 6.26. The Bertz CT molecular complexity index is 1010. The van der Waals surface area contributed by atoms with Crippen LogP contribution in [0.2, 0.25) is 5.02 Å². The number of nitro benzene ring substituents is 1. The summed E-state index contributed by atoms with van der Waals surface area (Å²) in [6.45, 7) is 3.19. The number of nitrogens with zero attached hydrogens (tertiary/aromatic N) is 2. The zero-order valence-electron chi connectivity index (χ0n) is 14.8. The van der Waals surface area contributed by atoms with Crippen LogP contribution in [0.25, 0.3) is 0 Å². The monoisotopic (exact) mass is 412 g/mol. The number of carbonyl (C=O) groups is 1. The Labute approximate surface area is 161 Å². The number of non-ortho nitro benzene ring substituents is 1. The number of anilines is 1. The van der Waals surface area contributed by atoms with Crippen molar-refractivity contribution in [2.75, 3.05) is 18.0 Å². The molecule has 0 radical (unpaired) electrons. The summed E-state index contributed by atoms with van der Waals surface area (Å²) in [6.07, 6.45) is 0. The second-order valence-electron chi connectivity index (χ2n) is 5.53. The van der Waals surface area contributed by atoms with Crippen molar-refractivity contribution in [2.45, 2.75) is 18.7 Å². The van der Waals surface area contributed by atoms with E-state index in [2.05, 4.69) is 4.74 Å². The lowest BCUT2D eigenvalue weighted by Gasteiger charge is -2.24. The van der Waals surface area contributed by atoms with Crippen molar-refractivity contribution in [3.05, 3.63) is 62.7 Å². The average molecular weight is 413 g/mol. The summed E-state index contributed by atoms with van der Waals surface area (Å²) >= 11 is 5.99. The largest absolute Gasteiger partial charge is 0.465 e. The molecule has 0 saturated carbocycles. The van der Waals surface area contributed by atoms with E-state index in [0.717, 1.165) is 10.4 Å². The topological polar surface area (TPSA) is 107 Å². The molecule has 0 aromatic heterocycles. The fourth-order valence-electron chi connectivity index (χ4n) is 2.53. The van der Waals surface area contributed by atoms with Crippen molar-refractivity contribution >= 4 is 39.0 Å². The summed E-state index contributed by atoms with van der Waals surface area (Å²) in [5, 5.41) is 11.1. The van der Waals surface area contributed by atoms with Crippen LogP contribution in [0, 0.1) is 17.0 Å². The lowest BCUT2D eigenvalue weighted by molar-refractivity contribution is -0.385. The first kappa shape index (κ1) is 20.7. The molecule has 0 aliphatic heterocycles. The minimum atomic E-state index is -4.12. The molecule has 2 rings (SSSR count). The molecule has 0 unspecified atom stereocenters. The number of carbonyl (C=O) groups excluding carboxylic acids is 1. The van der Waals surface area contributed by atoms with Crippen LogP contribution in [0.5, 0.6) is 0 Å². The van der Waals surface area contributed by atoms with E-state index in [1.807, 2.05) is 0 Å². The molecule has 27 heavy (non-hydrogen) atoms. The number of methoxy groups -OCH3 is 1. The summed E-state index contributed by atoms with van der Waals surface area (Å²) < 4.78 is 32.0. The Morgan fingerprint density at radius 1 is 1.26 bits per heavy atom. The molecule has 144 valence electrons. The summed E-state index contributed by atoms with van der Waals surface area (Å²) in [6, 6.07) is 7.78. The fourth-order valence-corrected chi connectivity index (χ4v) is 4.43. The molecule has 0 atom stereocenters. The Balaban J connectivity index is 2.62. The van der Waals surface area contributed by atoms with Crippen molar-refractivity contribution in [1.82, 2.24) is 0 Å². The van der Waals surface area contributed by atoms with Crippen LogP contribution >= 0.6 is 11.6 Å². The summed E-state index contributed by atoms with van der Waals surface area (Å²) in [5.41, 5.74) is 0.233. The van der Waals surface area contributed by atoms with Gasteiger partial charge in [-0.1, -0.05) is 17.7 Å². The maximum atomic E-state index is 13.1. The molecule has 0 heterocycles. The highest BCUT2D eigenvalue weighted by Gasteiger charge is 2.28. The molecule has 0 amide bonds. The number of aryl methyl sites for hydroxylation is 1. The SMILES string of the molecule is CCN(c1ccc(Cl)c(C(=O)OC)c1)S(=O)(=O)c1cc([N+](=O)[O-])ccc1C. The zero-order chi connectivity index (χ0) is 20.4. The molecule has 8 nitrogen and oxygen atoms in total. The van der Waals surface area contributed by atoms with E-state index < -0.39 is 20.9 Å². The van der Waals surface area contributed by atoms with Crippen molar-refractivity contribution in [1.29, 1.82) is 0 Å². The highest BCUT2D eigenvalue weighted by Crippen LogP contribution is 2.30. The lowest BCUT2D eigenvalue weighted by atomic mass is 10.2. The van der Waals surface area contributed by atoms with Crippen LogP contribution in [0.3, 0.4) is 0 Å². The van der Waals surface area contributed by atoms with Crippen LogP contribution in [0.15, 0.2) is 41.3 Å². The number of benzene rings is 2. The highest BCUT2D eigenvalue weighted by molar-refractivity contribution is 7.92. The predicted molar refractivity (Wildman–Crippen MR) is 101 cm³/mol. The number of ether oxygens (including phenoxy) is 1. The number of nitro groups is 1. The van der Waals surface area contributed by atoms with Gasteiger partial charge in [0, 0.05) is 18.7 Å². The maximum absolute atomic E-state index is 13.1. The highest BCUT2D eigenvalue weighted by atomic mass is 35.5. The van der Waals surface area contributed by atoms with Crippen LogP contribution in [0.4, 0.5) is 11.4 Å². The van der Waals surface area contributed by atoms with Crippen LogP contribution in [-0.2, 0) is 14.8 Å². The minimum absolute atomic E-state index is 0.0149. The summed E-state index contributed by atoms with van der Waals surface area (Å²) in [7, 11) is -2.93. The number of esters is 1. The van der Waals surface area contributed by atoms with E-state index in [1.54, 1.807) is 13.8 Å². The lowest BCUT2D eigenvalue weighted by Crippen LogP contribution is -2.31. The summed E-state index contributed by atoms with van der Waals surface area (Å²) in [4.78, 5) is 22.0. The maximum Gasteiger partial charge on any atom is 0.339 e. The number of rotatable bonds is 6. The van der Waals surface area contributed by atoms with Crippen molar-refractivity contribution in [3.63, 3.8) is 0 Å². The molecular formula is C17H17ClN2O6S. The second kappa shape index (κ2) is 7.93. The van der Waals surface area contributed by atoms with E-state index in [0.29, 0.717) is 5.56 Å². The molecule has 0 aliphatic carbocycles. The second-order valence-corrected chi connectivity index (χ2v) is 7.77. The van der Waals surface area contributed by atoms with E-state index in [4.69, 9.17) is 11.6 Å². The van der Waals surface area contributed by atoms with Gasteiger partial charge in [-0.25, -0.2) is 13.2 Å². The molecule has 0 saturated heterocycles. The molecule has 0 fully saturated rings. The van der Waals surface area contributed by atoms with E-state index in [1.165, 1.54) is 37.4 Å². The third kappa shape index (κ3) is 4.04. The minimum Gasteiger partial charge on any atom is -0.465 e. The Morgan fingerprint density at radius 3 is 2.48 bits per heavy atom. The Kier molecular flexibility index (Phi) is 6.07. The number of hydrogen-bond donors (Lipinski definition) is 0. The zero-order valence-corrected chi connectivity index (χ0v) is 16.4. The smallest absolute Gasteiger partial charge is 0.339 e. The quantitative estimate of drug-likeness (QED) is 0.408. The first-order chi connectivity index (χ1) is 12.6. The molecule has 2 aromatic rings. The molecule has 10 heteroatoms. The van der Waals surface area contributed by atoms with Crippen LogP contribution in [0.1, 0.15) is 22.8 Å². The number of hydrogen-bond acceptors (Lipinski definition) is 6. The fraction of sp³-hybridized carbons (Fsp3) is 0.235. The van der Waals surface area contributed by atoms with Crippen molar-refractivity contribution < 1.29 is 22.9 Å². The van der Waals surface area contributed by atoms with Gasteiger partial charge in [0.2, 0.25) is 0 Å². The molecule has 0 aliphatic rings. The van der Waals surface area contributed by atoms with Gasteiger partial charge < -0.3 is 4.74 Å². The van der Waals surface area contributed by atoms with Gasteiger partial charge in [-0.2, -0.15) is 0 Å². The summed E-state index contributed by atoms with van der Waals surface area (Å²) in [5.74, 6) is -0.707. The molecule has 2 aromatic carbocycles. The average Bonchev–Trinajstić information content (AvgIpc) is 2.62. The number of halogens is 1. The Hall–Kier alpha value is -2.65. The third-order valence-electron chi connectivity index (χ3n) is 3.88. The molecular weight excluding hydrogens is 396 g/mol. The normalized spacial score (nSPS) is 11.1. The van der Waals surface area contributed by atoms with Crippen LogP contribution in [-0.4, -0.2) is 33.0 Å². The molecule has 0 N–H and O–H groups in total. The first-order valence-corrected chi connectivity index (χ1v) is 9.61. The van der Waals surface area contributed by atoms with Gasteiger partial charge in [0.1, 0.15) is 0 Å². The molecule has 0 bridgehead atoms. The van der Waals surface area contributed by atoms with Crippen molar-refractivity contribution in [2.24, 2.45) is 0 Å². The van der Waals surface area contributed by atoms with Gasteiger partial charge in [-0.15, -0.1) is 0 Å². The molecule has 0 spiro atoms. The van der Waals surface area contributed by atoms with E-state index >= 15 is 0 Å².